The van der Waals surface area contributed by atoms with Gasteiger partial charge < -0.3 is 11.1 Å². The van der Waals surface area contributed by atoms with Crippen molar-refractivity contribution in [3.8, 4) is 0 Å². The molecule has 2 fully saturated rings. The summed E-state index contributed by atoms with van der Waals surface area (Å²) in [5.41, 5.74) is 6.30. The standard InChI is InChI=1S/C20H31N3O3S.ClH/c1-23(18-7-3-2-4-8-18)27(25,26)19-9-5-6-15(14-19)20(24)22-17-12-10-16(21)11-13-17;/h5-6,9,14,16-18H,2-4,7-8,10-13,21H2,1H3,(H,22,24);1H. The van der Waals surface area contributed by atoms with E-state index in [1.54, 1.807) is 25.2 Å². The number of hydrogen-bond donors (Lipinski definition) is 2. The Kier molecular flexibility index (Phi) is 8.30. The number of halogens is 1. The summed E-state index contributed by atoms with van der Waals surface area (Å²) in [7, 11) is -1.94. The molecule has 8 heteroatoms. The van der Waals surface area contributed by atoms with E-state index in [0.29, 0.717) is 5.56 Å². The van der Waals surface area contributed by atoms with E-state index in [4.69, 9.17) is 5.73 Å². The molecule has 3 N–H and O–H groups in total. The first-order valence-corrected chi connectivity index (χ1v) is 11.5. The number of nitrogens with one attached hydrogen (secondary N) is 1. The van der Waals surface area contributed by atoms with Crippen LogP contribution >= 0.6 is 12.4 Å². The average molecular weight is 430 g/mol. The second-order valence-corrected chi connectivity index (χ2v) is 9.92. The summed E-state index contributed by atoms with van der Waals surface area (Å²) in [4.78, 5) is 12.8. The Balaban J connectivity index is 0.00000280. The highest BCUT2D eigenvalue weighted by Crippen LogP contribution is 2.27. The molecular formula is C20H32ClN3O3S. The number of nitrogens with two attached hydrogens (primary N) is 1. The molecule has 0 heterocycles. The quantitative estimate of drug-likeness (QED) is 0.752. The number of carbonyl (C=O) groups is 1. The molecule has 0 aliphatic heterocycles. The summed E-state index contributed by atoms with van der Waals surface area (Å²) in [6.07, 6.45) is 8.67. The minimum Gasteiger partial charge on any atom is -0.349 e. The van der Waals surface area contributed by atoms with Crippen LogP contribution in [0.1, 0.15) is 68.1 Å². The number of benzene rings is 1. The number of sulfonamides is 1. The van der Waals surface area contributed by atoms with Crippen molar-refractivity contribution in [2.24, 2.45) is 5.73 Å². The van der Waals surface area contributed by atoms with Gasteiger partial charge in [0.25, 0.3) is 5.91 Å². The topological polar surface area (TPSA) is 92.5 Å². The second kappa shape index (κ2) is 10.1. The maximum atomic E-state index is 13.0. The zero-order valence-electron chi connectivity index (χ0n) is 16.5. The van der Waals surface area contributed by atoms with Gasteiger partial charge in [0, 0.05) is 30.7 Å². The average Bonchev–Trinajstić information content (AvgIpc) is 2.70. The van der Waals surface area contributed by atoms with Crippen molar-refractivity contribution in [1.29, 1.82) is 0 Å². The van der Waals surface area contributed by atoms with Crippen molar-refractivity contribution < 1.29 is 13.2 Å². The Bertz CT molecular complexity index is 758. The van der Waals surface area contributed by atoms with Crippen LogP contribution in [-0.2, 0) is 10.0 Å². The summed E-state index contributed by atoms with van der Waals surface area (Å²) >= 11 is 0. The molecule has 1 aromatic rings. The summed E-state index contributed by atoms with van der Waals surface area (Å²) in [6.45, 7) is 0. The molecule has 1 amide bonds. The van der Waals surface area contributed by atoms with E-state index in [9.17, 15) is 13.2 Å². The van der Waals surface area contributed by atoms with Crippen LogP contribution in [0.4, 0.5) is 0 Å². The Morgan fingerprint density at radius 3 is 2.36 bits per heavy atom. The van der Waals surface area contributed by atoms with E-state index < -0.39 is 10.0 Å². The van der Waals surface area contributed by atoms with E-state index in [0.717, 1.165) is 51.4 Å². The van der Waals surface area contributed by atoms with Crippen molar-refractivity contribution in [2.75, 3.05) is 7.05 Å². The normalized spacial score (nSPS) is 23.8. The molecule has 0 spiro atoms. The van der Waals surface area contributed by atoms with Gasteiger partial charge in [-0.3, -0.25) is 4.79 Å². The molecule has 158 valence electrons. The molecule has 1 aromatic carbocycles. The predicted octanol–water partition coefficient (Wildman–Crippen LogP) is 3.06. The number of rotatable bonds is 5. The lowest BCUT2D eigenvalue weighted by Crippen LogP contribution is -2.40. The van der Waals surface area contributed by atoms with E-state index in [1.165, 1.54) is 16.8 Å². The monoisotopic (exact) mass is 429 g/mol. The highest BCUT2D eigenvalue weighted by Gasteiger charge is 2.29. The Morgan fingerprint density at radius 1 is 1.07 bits per heavy atom. The SMILES string of the molecule is CN(C1CCCCC1)S(=O)(=O)c1cccc(C(=O)NC2CCC(N)CC2)c1.Cl. The molecule has 2 aliphatic rings. The van der Waals surface area contributed by atoms with E-state index in [2.05, 4.69) is 5.32 Å². The van der Waals surface area contributed by atoms with Crippen LogP contribution < -0.4 is 11.1 Å². The zero-order valence-corrected chi connectivity index (χ0v) is 18.1. The molecule has 6 nitrogen and oxygen atoms in total. The summed E-state index contributed by atoms with van der Waals surface area (Å²) < 4.78 is 27.5. The van der Waals surface area contributed by atoms with Gasteiger partial charge in [0.1, 0.15) is 0 Å². The summed E-state index contributed by atoms with van der Waals surface area (Å²) in [5.74, 6) is -0.215. The van der Waals surface area contributed by atoms with Crippen molar-refractivity contribution in [1.82, 2.24) is 9.62 Å². The predicted molar refractivity (Wildman–Crippen MR) is 113 cm³/mol. The molecule has 3 rings (SSSR count). The molecule has 0 unspecified atom stereocenters. The Hall–Kier alpha value is -1.15. The van der Waals surface area contributed by atoms with Gasteiger partial charge in [-0.15, -0.1) is 12.4 Å². The molecule has 0 aromatic heterocycles. The minimum atomic E-state index is -3.60. The lowest BCUT2D eigenvalue weighted by molar-refractivity contribution is 0.0925. The van der Waals surface area contributed by atoms with Gasteiger partial charge in [-0.05, 0) is 56.7 Å². The van der Waals surface area contributed by atoms with Gasteiger partial charge in [-0.25, -0.2) is 8.42 Å². The number of nitrogens with zero attached hydrogens (tertiary/aromatic N) is 1. The maximum Gasteiger partial charge on any atom is 0.251 e. The second-order valence-electron chi connectivity index (χ2n) is 7.93. The lowest BCUT2D eigenvalue weighted by Gasteiger charge is -2.30. The van der Waals surface area contributed by atoms with Crippen LogP contribution in [0.3, 0.4) is 0 Å². The van der Waals surface area contributed by atoms with E-state index in [1.807, 2.05) is 0 Å². The number of carbonyl (C=O) groups excluding carboxylic acids is 1. The van der Waals surface area contributed by atoms with Crippen molar-refractivity contribution in [3.05, 3.63) is 29.8 Å². The van der Waals surface area contributed by atoms with Gasteiger partial charge in [-0.1, -0.05) is 25.3 Å². The van der Waals surface area contributed by atoms with Crippen LogP contribution in [0.15, 0.2) is 29.2 Å². The fraction of sp³-hybridized carbons (Fsp3) is 0.650. The van der Waals surface area contributed by atoms with Crippen molar-refractivity contribution >= 4 is 28.3 Å². The van der Waals surface area contributed by atoms with Crippen LogP contribution in [-0.4, -0.2) is 43.8 Å². The molecule has 0 atom stereocenters. The molecule has 2 aliphatic carbocycles. The van der Waals surface area contributed by atoms with Crippen molar-refractivity contribution in [2.45, 2.75) is 80.8 Å². The molecular weight excluding hydrogens is 398 g/mol. The Labute approximate surface area is 174 Å². The van der Waals surface area contributed by atoms with Gasteiger partial charge in [0.15, 0.2) is 0 Å². The third kappa shape index (κ3) is 5.47. The molecule has 0 bridgehead atoms. The first kappa shape index (κ1) is 23.1. The fourth-order valence-corrected chi connectivity index (χ4v) is 5.60. The van der Waals surface area contributed by atoms with Gasteiger partial charge in [-0.2, -0.15) is 4.31 Å². The highest BCUT2D eigenvalue weighted by atomic mass is 35.5. The minimum absolute atomic E-state index is 0. The van der Waals surface area contributed by atoms with E-state index in [-0.39, 0.29) is 41.3 Å². The molecule has 0 radical (unpaired) electrons. The summed E-state index contributed by atoms with van der Waals surface area (Å²) in [6, 6.07) is 6.78. The van der Waals surface area contributed by atoms with Crippen LogP contribution in [0.2, 0.25) is 0 Å². The highest BCUT2D eigenvalue weighted by molar-refractivity contribution is 7.89. The first-order valence-electron chi connectivity index (χ1n) is 10.0. The molecule has 2 saturated carbocycles. The number of hydrogen-bond acceptors (Lipinski definition) is 4. The fourth-order valence-electron chi connectivity index (χ4n) is 4.14. The van der Waals surface area contributed by atoms with Crippen LogP contribution in [0, 0.1) is 0 Å². The third-order valence-corrected chi connectivity index (χ3v) is 7.88. The molecule has 28 heavy (non-hydrogen) atoms. The van der Waals surface area contributed by atoms with Gasteiger partial charge >= 0.3 is 0 Å². The zero-order chi connectivity index (χ0) is 19.4. The maximum absolute atomic E-state index is 13.0. The first-order chi connectivity index (χ1) is 12.9. The van der Waals surface area contributed by atoms with E-state index >= 15 is 0 Å². The van der Waals surface area contributed by atoms with Gasteiger partial charge in [0.05, 0.1) is 4.90 Å². The van der Waals surface area contributed by atoms with Gasteiger partial charge in [0.2, 0.25) is 10.0 Å². The Morgan fingerprint density at radius 2 is 1.71 bits per heavy atom. The van der Waals surface area contributed by atoms with Crippen LogP contribution in [0.25, 0.3) is 0 Å². The lowest BCUT2D eigenvalue weighted by atomic mass is 9.91. The van der Waals surface area contributed by atoms with Crippen LogP contribution in [0.5, 0.6) is 0 Å². The van der Waals surface area contributed by atoms with Crippen molar-refractivity contribution in [3.63, 3.8) is 0 Å². The third-order valence-electron chi connectivity index (χ3n) is 5.97. The summed E-state index contributed by atoms with van der Waals surface area (Å²) in [5, 5.41) is 3.02. The number of amides is 1. The largest absolute Gasteiger partial charge is 0.349 e. The molecule has 0 saturated heterocycles. The smallest absolute Gasteiger partial charge is 0.251 e.